The van der Waals surface area contributed by atoms with Gasteiger partial charge in [0.1, 0.15) is 5.75 Å². The van der Waals surface area contributed by atoms with Crippen molar-refractivity contribution < 1.29 is 14.6 Å². The van der Waals surface area contributed by atoms with Crippen LogP contribution in [-0.4, -0.2) is 41.2 Å². The largest absolute Gasteiger partial charge is 0.481 e. The first-order valence-electron chi connectivity index (χ1n) is 8.19. The van der Waals surface area contributed by atoms with Gasteiger partial charge in [-0.05, 0) is 56.9 Å². The van der Waals surface area contributed by atoms with Crippen LogP contribution < -0.4 is 4.74 Å². The highest BCUT2D eigenvalue weighted by Crippen LogP contribution is 2.27. The first-order valence-corrected chi connectivity index (χ1v) is 8.57. The number of carbonyl (C=O) groups excluding carboxylic acids is 1. The predicted molar refractivity (Wildman–Crippen MR) is 92.0 cm³/mol. The van der Waals surface area contributed by atoms with E-state index in [1.165, 1.54) is 0 Å². The summed E-state index contributed by atoms with van der Waals surface area (Å²) in [6.07, 6.45) is 2.63. The average molecular weight is 340 g/mol. The highest BCUT2D eigenvalue weighted by Gasteiger charge is 2.32. The Kier molecular flexibility index (Phi) is 5.93. The van der Waals surface area contributed by atoms with Crippen LogP contribution in [0.4, 0.5) is 0 Å². The van der Waals surface area contributed by atoms with E-state index in [4.69, 9.17) is 16.3 Å². The molecule has 1 N–H and O–H groups in total. The van der Waals surface area contributed by atoms with Crippen LogP contribution in [0.5, 0.6) is 5.75 Å². The normalized spacial score (nSPS) is 22.5. The van der Waals surface area contributed by atoms with E-state index in [-0.39, 0.29) is 11.9 Å². The van der Waals surface area contributed by atoms with Crippen molar-refractivity contribution in [2.75, 3.05) is 7.05 Å². The van der Waals surface area contributed by atoms with Crippen molar-refractivity contribution in [1.29, 1.82) is 0 Å². The van der Waals surface area contributed by atoms with E-state index >= 15 is 0 Å². The number of hydrogen-bond donors (Lipinski definition) is 1. The van der Waals surface area contributed by atoms with Crippen molar-refractivity contribution >= 4 is 17.5 Å². The molecule has 1 aromatic carbocycles. The lowest BCUT2D eigenvalue weighted by Crippen LogP contribution is -2.50. The molecule has 0 bridgehead atoms. The number of carbonyl (C=O) groups is 1. The Balaban J connectivity index is 2.04. The van der Waals surface area contributed by atoms with Crippen LogP contribution in [0.2, 0.25) is 5.02 Å². The van der Waals surface area contributed by atoms with Gasteiger partial charge in [0.15, 0.2) is 6.10 Å². The van der Waals surface area contributed by atoms with Crippen LogP contribution in [0.15, 0.2) is 12.1 Å². The molecule has 0 aromatic heterocycles. The first-order chi connectivity index (χ1) is 10.8. The van der Waals surface area contributed by atoms with Crippen molar-refractivity contribution in [2.24, 2.45) is 0 Å². The lowest BCUT2D eigenvalue weighted by molar-refractivity contribution is -0.142. The van der Waals surface area contributed by atoms with E-state index in [0.29, 0.717) is 5.75 Å². The number of ether oxygens (including phenoxy) is 1. The highest BCUT2D eigenvalue weighted by atomic mass is 35.5. The molecule has 1 saturated carbocycles. The maximum Gasteiger partial charge on any atom is 0.263 e. The summed E-state index contributed by atoms with van der Waals surface area (Å²) < 4.78 is 5.81. The minimum atomic E-state index is -0.603. The second-order valence-corrected chi connectivity index (χ2v) is 6.88. The van der Waals surface area contributed by atoms with Gasteiger partial charge in [0.2, 0.25) is 0 Å². The van der Waals surface area contributed by atoms with Gasteiger partial charge in [-0.2, -0.15) is 0 Å². The lowest BCUT2D eigenvalue weighted by Gasteiger charge is -2.36. The van der Waals surface area contributed by atoms with Crippen LogP contribution in [0.1, 0.15) is 43.7 Å². The predicted octanol–water partition coefficient (Wildman–Crippen LogP) is 3.49. The van der Waals surface area contributed by atoms with Gasteiger partial charge >= 0.3 is 0 Å². The molecule has 0 radical (unpaired) electrons. The molecule has 1 aliphatic carbocycles. The van der Waals surface area contributed by atoms with Crippen molar-refractivity contribution in [3.05, 3.63) is 28.3 Å². The number of benzene rings is 1. The number of halogens is 1. The van der Waals surface area contributed by atoms with Crippen molar-refractivity contribution in [2.45, 2.75) is 64.7 Å². The Hall–Kier alpha value is -1.26. The van der Waals surface area contributed by atoms with Crippen molar-refractivity contribution in [1.82, 2.24) is 4.90 Å². The first kappa shape index (κ1) is 18.1. The van der Waals surface area contributed by atoms with Crippen LogP contribution >= 0.6 is 11.6 Å². The summed E-state index contributed by atoms with van der Waals surface area (Å²) in [6.45, 7) is 5.58. The summed E-state index contributed by atoms with van der Waals surface area (Å²) in [6, 6.07) is 3.57. The number of likely N-dealkylation sites (N-methyl/N-ethyl adjacent to an activating group) is 1. The smallest absolute Gasteiger partial charge is 0.263 e. The van der Waals surface area contributed by atoms with Crippen LogP contribution in [0.25, 0.3) is 0 Å². The molecule has 0 saturated heterocycles. The second kappa shape index (κ2) is 7.54. The fraction of sp³-hybridized carbons (Fsp3) is 0.611. The number of aryl methyl sites for hydroxylation is 2. The van der Waals surface area contributed by atoms with Crippen molar-refractivity contribution in [3.63, 3.8) is 0 Å². The molecule has 0 aliphatic heterocycles. The minimum absolute atomic E-state index is 0.110. The summed E-state index contributed by atoms with van der Waals surface area (Å²) in [7, 11) is 1.75. The number of nitrogens with zero attached hydrogens (tertiary/aromatic N) is 1. The SMILES string of the molecule is Cc1cc(O[C@H](C)C(=O)N(C)[C@H]2CCCC[C@H]2O)cc(C)c1Cl. The molecular formula is C18H26ClNO3. The van der Waals surface area contributed by atoms with E-state index in [2.05, 4.69) is 0 Å². The van der Waals surface area contributed by atoms with E-state index in [9.17, 15) is 9.90 Å². The third kappa shape index (κ3) is 4.18. The third-order valence-electron chi connectivity index (χ3n) is 4.61. The molecule has 1 aliphatic rings. The Morgan fingerprint density at radius 2 is 1.87 bits per heavy atom. The van der Waals surface area contributed by atoms with E-state index < -0.39 is 12.2 Å². The fourth-order valence-corrected chi connectivity index (χ4v) is 3.33. The van der Waals surface area contributed by atoms with E-state index in [0.717, 1.165) is 41.8 Å². The van der Waals surface area contributed by atoms with E-state index in [1.807, 2.05) is 26.0 Å². The number of aliphatic hydroxyl groups is 1. The molecular weight excluding hydrogens is 314 g/mol. The van der Waals surface area contributed by atoms with Gasteiger partial charge in [-0.15, -0.1) is 0 Å². The number of aliphatic hydroxyl groups excluding tert-OH is 1. The van der Waals surface area contributed by atoms with Gasteiger partial charge in [0, 0.05) is 12.1 Å². The van der Waals surface area contributed by atoms with Gasteiger partial charge < -0.3 is 14.7 Å². The fourth-order valence-electron chi connectivity index (χ4n) is 3.22. The van der Waals surface area contributed by atoms with Crippen LogP contribution in [0, 0.1) is 13.8 Å². The summed E-state index contributed by atoms with van der Waals surface area (Å²) in [5.74, 6) is 0.532. The Labute approximate surface area is 143 Å². The quantitative estimate of drug-likeness (QED) is 0.913. The third-order valence-corrected chi connectivity index (χ3v) is 5.21. The van der Waals surface area contributed by atoms with Gasteiger partial charge in [-0.25, -0.2) is 0 Å². The molecule has 23 heavy (non-hydrogen) atoms. The zero-order valence-corrected chi connectivity index (χ0v) is 15.1. The molecule has 1 aromatic rings. The molecule has 1 amide bonds. The summed E-state index contributed by atoms with van der Waals surface area (Å²) >= 11 is 6.16. The van der Waals surface area contributed by atoms with Gasteiger partial charge in [-0.1, -0.05) is 24.4 Å². The lowest BCUT2D eigenvalue weighted by atomic mass is 9.91. The van der Waals surface area contributed by atoms with Crippen molar-refractivity contribution in [3.8, 4) is 5.75 Å². The zero-order chi connectivity index (χ0) is 17.1. The Morgan fingerprint density at radius 1 is 1.30 bits per heavy atom. The molecule has 0 spiro atoms. The Bertz CT molecular complexity index is 552. The van der Waals surface area contributed by atoms with Gasteiger partial charge in [0.25, 0.3) is 5.91 Å². The molecule has 128 valence electrons. The maximum atomic E-state index is 12.6. The van der Waals surface area contributed by atoms with E-state index in [1.54, 1.807) is 18.9 Å². The molecule has 2 rings (SSSR count). The minimum Gasteiger partial charge on any atom is -0.481 e. The van der Waals surface area contributed by atoms with Gasteiger partial charge in [0.05, 0.1) is 12.1 Å². The maximum absolute atomic E-state index is 12.6. The molecule has 0 unspecified atom stereocenters. The summed E-state index contributed by atoms with van der Waals surface area (Å²) in [4.78, 5) is 14.2. The zero-order valence-electron chi connectivity index (χ0n) is 14.3. The molecule has 1 fully saturated rings. The highest BCUT2D eigenvalue weighted by molar-refractivity contribution is 6.32. The standard InChI is InChI=1S/C18H26ClNO3/c1-11-9-14(10-12(2)17(11)19)23-13(3)18(22)20(4)15-7-5-6-8-16(15)21/h9-10,13,15-16,21H,5-8H2,1-4H3/t13-,15+,16-/m1/s1. The monoisotopic (exact) mass is 339 g/mol. The second-order valence-electron chi connectivity index (χ2n) is 6.50. The average Bonchev–Trinajstić information content (AvgIpc) is 2.51. The number of rotatable bonds is 4. The Morgan fingerprint density at radius 3 is 2.43 bits per heavy atom. The van der Waals surface area contributed by atoms with Gasteiger partial charge in [-0.3, -0.25) is 4.79 Å². The number of hydrogen-bond acceptors (Lipinski definition) is 3. The molecule has 0 heterocycles. The summed E-state index contributed by atoms with van der Waals surface area (Å²) in [5, 5.41) is 10.8. The summed E-state index contributed by atoms with van der Waals surface area (Å²) in [5.41, 5.74) is 1.86. The van der Waals surface area contributed by atoms with Crippen LogP contribution in [0.3, 0.4) is 0 Å². The van der Waals surface area contributed by atoms with Crippen LogP contribution in [-0.2, 0) is 4.79 Å². The topological polar surface area (TPSA) is 49.8 Å². The molecule has 4 nitrogen and oxygen atoms in total. The molecule has 5 heteroatoms. The number of amides is 1. The molecule has 3 atom stereocenters.